The van der Waals surface area contributed by atoms with Crippen molar-refractivity contribution in [2.45, 2.75) is 33.4 Å². The van der Waals surface area contributed by atoms with E-state index >= 15 is 0 Å². The van der Waals surface area contributed by atoms with Crippen molar-refractivity contribution in [2.75, 3.05) is 12.4 Å². The zero-order valence-corrected chi connectivity index (χ0v) is 19.2. The Morgan fingerprint density at radius 2 is 1.88 bits per heavy atom. The Morgan fingerprint density at radius 3 is 2.55 bits per heavy atom. The number of carbonyl (C=O) groups excluding carboxylic acids is 2. The second kappa shape index (κ2) is 9.02. The van der Waals surface area contributed by atoms with Gasteiger partial charge in [-0.25, -0.2) is 18.7 Å². The van der Waals surface area contributed by atoms with Crippen LogP contribution in [0.5, 0.6) is 0 Å². The van der Waals surface area contributed by atoms with Gasteiger partial charge in [-0.15, -0.1) is 16.4 Å². The van der Waals surface area contributed by atoms with Crippen LogP contribution < -0.4 is 16.6 Å². The van der Waals surface area contributed by atoms with Gasteiger partial charge < -0.3 is 10.1 Å². The molecule has 0 aliphatic rings. The average Bonchev–Trinajstić information content (AvgIpc) is 3.39. The molecule has 0 spiro atoms. The lowest BCUT2D eigenvalue weighted by Crippen LogP contribution is -2.29. The van der Waals surface area contributed by atoms with Crippen LogP contribution in [0.2, 0.25) is 0 Å². The molecule has 4 rings (SSSR count). The molecule has 172 valence electrons. The Labute approximate surface area is 192 Å². The van der Waals surface area contributed by atoms with E-state index in [0.717, 1.165) is 11.1 Å². The number of carbonyl (C=O) groups is 2. The third-order valence-corrected chi connectivity index (χ3v) is 6.09. The maximum atomic E-state index is 13.1. The molecule has 0 saturated carbocycles. The summed E-state index contributed by atoms with van der Waals surface area (Å²) in [7, 11) is 1.29. The van der Waals surface area contributed by atoms with Gasteiger partial charge in [0.1, 0.15) is 11.2 Å². The molecule has 0 radical (unpaired) electrons. The minimum absolute atomic E-state index is 0.194. The summed E-state index contributed by atoms with van der Waals surface area (Å²) in [4.78, 5) is 50.2. The molecule has 0 saturated heterocycles. The first-order valence-electron chi connectivity index (χ1n) is 10.4. The van der Waals surface area contributed by atoms with Crippen LogP contribution in [-0.4, -0.2) is 37.7 Å². The number of aryl methyl sites for hydroxylation is 1. The van der Waals surface area contributed by atoms with Crippen LogP contribution in [0, 0.1) is 5.92 Å². The van der Waals surface area contributed by atoms with E-state index < -0.39 is 17.6 Å². The van der Waals surface area contributed by atoms with Crippen molar-refractivity contribution in [3.63, 3.8) is 0 Å². The smallest absolute Gasteiger partial charge is 0.352 e. The number of aromatic nitrogens is 4. The predicted octanol–water partition coefficient (Wildman–Crippen LogP) is 2.34. The van der Waals surface area contributed by atoms with Crippen molar-refractivity contribution < 1.29 is 14.3 Å². The fourth-order valence-corrected chi connectivity index (χ4v) is 4.29. The Kier molecular flexibility index (Phi) is 6.14. The van der Waals surface area contributed by atoms with Gasteiger partial charge in [-0.1, -0.05) is 13.8 Å². The maximum absolute atomic E-state index is 13.1. The number of ether oxygens (including phenoxy) is 1. The van der Waals surface area contributed by atoms with Gasteiger partial charge in [-0.3, -0.25) is 14.2 Å². The maximum Gasteiger partial charge on any atom is 0.352 e. The number of anilines is 1. The fourth-order valence-electron chi connectivity index (χ4n) is 3.47. The molecule has 4 aromatic rings. The van der Waals surface area contributed by atoms with Gasteiger partial charge in [-0.2, -0.15) is 0 Å². The first-order valence-corrected chi connectivity index (χ1v) is 11.3. The number of nitrogens with zero attached hydrogens (tertiary/aromatic N) is 4. The predicted molar refractivity (Wildman–Crippen MR) is 125 cm³/mol. The van der Waals surface area contributed by atoms with Gasteiger partial charge in [0.05, 0.1) is 18.2 Å². The van der Waals surface area contributed by atoms with Gasteiger partial charge in [0.2, 0.25) is 11.7 Å². The summed E-state index contributed by atoms with van der Waals surface area (Å²) in [5.41, 5.74) is 0.601. The highest BCUT2D eigenvalue weighted by molar-refractivity contribution is 7.17. The number of amides is 1. The largest absolute Gasteiger partial charge is 0.465 e. The summed E-state index contributed by atoms with van der Waals surface area (Å²) in [6.45, 7) is 4.20. The number of rotatable bonds is 7. The lowest BCUT2D eigenvalue weighted by Gasteiger charge is -2.09. The molecule has 0 bridgehead atoms. The molecular formula is C22H23N5O5S. The Balaban J connectivity index is 1.66. The lowest BCUT2D eigenvalue weighted by molar-refractivity contribution is -0.117. The molecular weight excluding hydrogens is 446 g/mol. The number of fused-ring (bicyclic) bond motifs is 3. The SMILES string of the molecule is COC(=O)c1ccc(NC(=O)Cn2nc3n(CCC(C)C)c(=O)c4sccc4n3c2=O)cc1. The minimum atomic E-state index is -0.497. The van der Waals surface area contributed by atoms with Crippen molar-refractivity contribution >= 4 is 44.9 Å². The third kappa shape index (κ3) is 4.31. The van der Waals surface area contributed by atoms with Crippen LogP contribution in [0.1, 0.15) is 30.6 Å². The topological polar surface area (TPSA) is 117 Å². The number of methoxy groups -OCH3 is 1. The quantitative estimate of drug-likeness (QED) is 0.415. The van der Waals surface area contributed by atoms with Crippen molar-refractivity contribution in [3.05, 3.63) is 62.1 Å². The second-order valence-electron chi connectivity index (χ2n) is 7.97. The molecule has 1 aromatic carbocycles. The Morgan fingerprint density at radius 1 is 1.15 bits per heavy atom. The van der Waals surface area contributed by atoms with E-state index in [1.807, 2.05) is 0 Å². The van der Waals surface area contributed by atoms with Gasteiger partial charge in [-0.05, 0) is 48.1 Å². The fraction of sp³-hybridized carbons (Fsp3) is 0.318. The normalized spacial score (nSPS) is 11.4. The Hall–Kier alpha value is -3.73. The lowest BCUT2D eigenvalue weighted by atomic mass is 10.1. The molecule has 0 aliphatic heterocycles. The zero-order chi connectivity index (χ0) is 23.7. The molecule has 10 nitrogen and oxygen atoms in total. The van der Waals surface area contributed by atoms with Crippen LogP contribution in [0.4, 0.5) is 5.69 Å². The first-order chi connectivity index (χ1) is 15.8. The molecule has 33 heavy (non-hydrogen) atoms. The molecule has 0 atom stereocenters. The van der Waals surface area contributed by atoms with E-state index in [0.29, 0.717) is 33.9 Å². The van der Waals surface area contributed by atoms with E-state index in [-0.39, 0.29) is 17.9 Å². The summed E-state index contributed by atoms with van der Waals surface area (Å²) in [5.74, 6) is -0.371. The molecule has 0 unspecified atom stereocenters. The number of hydrogen-bond acceptors (Lipinski definition) is 7. The third-order valence-electron chi connectivity index (χ3n) is 5.20. The number of benzene rings is 1. The molecule has 11 heteroatoms. The number of thiophene rings is 1. The highest BCUT2D eigenvalue weighted by Gasteiger charge is 2.19. The van der Waals surface area contributed by atoms with E-state index in [1.54, 1.807) is 23.6 Å². The highest BCUT2D eigenvalue weighted by Crippen LogP contribution is 2.18. The average molecular weight is 470 g/mol. The molecule has 1 N–H and O–H groups in total. The van der Waals surface area contributed by atoms with Crippen molar-refractivity contribution in [3.8, 4) is 0 Å². The number of nitrogens with one attached hydrogen (secondary N) is 1. The highest BCUT2D eigenvalue weighted by atomic mass is 32.1. The molecule has 0 fully saturated rings. The van der Waals surface area contributed by atoms with Crippen LogP contribution in [0.25, 0.3) is 16.0 Å². The number of hydrogen-bond donors (Lipinski definition) is 1. The van der Waals surface area contributed by atoms with E-state index in [9.17, 15) is 19.2 Å². The van der Waals surface area contributed by atoms with Crippen LogP contribution in [0.15, 0.2) is 45.3 Å². The molecule has 0 aliphatic carbocycles. The van der Waals surface area contributed by atoms with Gasteiger partial charge in [0.25, 0.3) is 5.56 Å². The van der Waals surface area contributed by atoms with Crippen LogP contribution in [0.3, 0.4) is 0 Å². The first kappa shape index (κ1) is 22.5. The van der Waals surface area contributed by atoms with Gasteiger partial charge in [0.15, 0.2) is 0 Å². The second-order valence-corrected chi connectivity index (χ2v) is 8.88. The summed E-state index contributed by atoms with van der Waals surface area (Å²) < 4.78 is 9.06. The van der Waals surface area contributed by atoms with E-state index in [1.165, 1.54) is 39.5 Å². The summed E-state index contributed by atoms with van der Waals surface area (Å²) in [6.07, 6.45) is 0.746. The molecule has 1 amide bonds. The Bertz CT molecular complexity index is 1460. The molecule has 3 heterocycles. The zero-order valence-electron chi connectivity index (χ0n) is 18.4. The number of esters is 1. The molecule has 3 aromatic heterocycles. The van der Waals surface area contributed by atoms with E-state index in [2.05, 4.69) is 29.0 Å². The summed E-state index contributed by atoms with van der Waals surface area (Å²) in [5, 5.41) is 8.76. The van der Waals surface area contributed by atoms with Crippen LogP contribution >= 0.6 is 11.3 Å². The van der Waals surface area contributed by atoms with Crippen molar-refractivity contribution in [2.24, 2.45) is 5.92 Å². The van der Waals surface area contributed by atoms with Gasteiger partial charge in [0, 0.05) is 12.2 Å². The minimum Gasteiger partial charge on any atom is -0.465 e. The van der Waals surface area contributed by atoms with Crippen molar-refractivity contribution in [1.29, 1.82) is 0 Å². The van der Waals surface area contributed by atoms with Crippen molar-refractivity contribution in [1.82, 2.24) is 18.7 Å². The summed E-state index contributed by atoms with van der Waals surface area (Å²) in [6, 6.07) is 7.89. The van der Waals surface area contributed by atoms with Gasteiger partial charge >= 0.3 is 11.7 Å². The van der Waals surface area contributed by atoms with Crippen LogP contribution in [-0.2, 0) is 22.6 Å². The standard InChI is InChI=1S/C22H23N5O5S/c1-13(2)8-10-25-19(29)18-16(9-11-33-18)27-21(25)24-26(22(27)31)12-17(28)23-15-6-4-14(5-7-15)20(30)32-3/h4-7,9,11,13H,8,10,12H2,1-3H3,(H,23,28). The monoisotopic (exact) mass is 469 g/mol. The van der Waals surface area contributed by atoms with E-state index in [4.69, 9.17) is 0 Å². The summed E-state index contributed by atoms with van der Waals surface area (Å²) >= 11 is 1.27.